The van der Waals surface area contributed by atoms with Gasteiger partial charge in [0.25, 0.3) is 0 Å². The summed E-state index contributed by atoms with van der Waals surface area (Å²) < 4.78 is 11.4. The van der Waals surface area contributed by atoms with E-state index in [0.717, 1.165) is 42.9 Å². The molecule has 1 N–H and O–H groups in total. The Balaban J connectivity index is 1.41. The molecule has 0 spiro atoms. The standard InChI is InChI=1S/C24H30N2O3/c1-3-20(18-8-6-17(2)7-9-18)25-24(27)16-26-12-4-5-21(26)19-10-11-22-23(15-19)29-14-13-28-22/h6-11,15,20-21H,3-5,12-14,16H2,1-2H3,(H,25,27)/t20-,21-/m1/s1. The predicted molar refractivity (Wildman–Crippen MR) is 113 cm³/mol. The minimum Gasteiger partial charge on any atom is -0.486 e. The molecule has 0 aliphatic carbocycles. The van der Waals surface area contributed by atoms with Gasteiger partial charge in [0, 0.05) is 6.04 Å². The van der Waals surface area contributed by atoms with E-state index in [1.165, 1.54) is 11.1 Å². The largest absolute Gasteiger partial charge is 0.486 e. The predicted octanol–water partition coefficient (Wildman–Crippen LogP) is 4.17. The van der Waals surface area contributed by atoms with Gasteiger partial charge in [-0.15, -0.1) is 0 Å². The zero-order chi connectivity index (χ0) is 20.2. The monoisotopic (exact) mass is 394 g/mol. The summed E-state index contributed by atoms with van der Waals surface area (Å²) in [6, 6.07) is 14.9. The van der Waals surface area contributed by atoms with Gasteiger partial charge >= 0.3 is 0 Å². The van der Waals surface area contributed by atoms with Gasteiger partial charge in [-0.05, 0) is 56.0 Å². The third kappa shape index (κ3) is 4.56. The minimum absolute atomic E-state index is 0.0541. The maximum absolute atomic E-state index is 12.8. The zero-order valence-electron chi connectivity index (χ0n) is 17.3. The number of benzene rings is 2. The second-order valence-corrected chi connectivity index (χ2v) is 7.97. The molecule has 0 bridgehead atoms. The Morgan fingerprint density at radius 3 is 2.66 bits per heavy atom. The molecule has 0 radical (unpaired) electrons. The lowest BCUT2D eigenvalue weighted by molar-refractivity contribution is -0.123. The number of likely N-dealkylation sites (tertiary alicyclic amines) is 1. The van der Waals surface area contributed by atoms with Crippen LogP contribution < -0.4 is 14.8 Å². The summed E-state index contributed by atoms with van der Waals surface area (Å²) in [5.74, 6) is 1.71. The van der Waals surface area contributed by atoms with Crippen LogP contribution in [0.4, 0.5) is 0 Å². The number of hydrogen-bond donors (Lipinski definition) is 1. The average molecular weight is 395 g/mol. The number of carbonyl (C=O) groups excluding carboxylic acids is 1. The Morgan fingerprint density at radius 1 is 1.14 bits per heavy atom. The quantitative estimate of drug-likeness (QED) is 0.799. The first-order valence-electron chi connectivity index (χ1n) is 10.6. The van der Waals surface area contributed by atoms with E-state index in [9.17, 15) is 4.79 Å². The fourth-order valence-electron chi connectivity index (χ4n) is 4.30. The summed E-state index contributed by atoms with van der Waals surface area (Å²) in [5.41, 5.74) is 3.59. The van der Waals surface area contributed by atoms with Gasteiger partial charge < -0.3 is 14.8 Å². The summed E-state index contributed by atoms with van der Waals surface area (Å²) in [4.78, 5) is 15.1. The van der Waals surface area contributed by atoms with E-state index in [2.05, 4.69) is 60.5 Å². The van der Waals surface area contributed by atoms with Gasteiger partial charge in [0.2, 0.25) is 5.91 Å². The number of aryl methyl sites for hydroxylation is 1. The summed E-state index contributed by atoms with van der Waals surface area (Å²) in [6.07, 6.45) is 3.03. The van der Waals surface area contributed by atoms with Crippen molar-refractivity contribution in [2.24, 2.45) is 0 Å². The number of nitrogens with one attached hydrogen (secondary N) is 1. The molecule has 29 heavy (non-hydrogen) atoms. The average Bonchev–Trinajstić information content (AvgIpc) is 3.20. The fraction of sp³-hybridized carbons (Fsp3) is 0.458. The van der Waals surface area contributed by atoms with E-state index < -0.39 is 0 Å². The Labute approximate surface area is 173 Å². The first-order valence-corrected chi connectivity index (χ1v) is 10.6. The van der Waals surface area contributed by atoms with Crippen LogP contribution in [0.3, 0.4) is 0 Å². The summed E-state index contributed by atoms with van der Waals surface area (Å²) in [5, 5.41) is 3.23. The first-order chi connectivity index (χ1) is 14.1. The number of rotatable bonds is 6. The van der Waals surface area contributed by atoms with Crippen molar-refractivity contribution >= 4 is 5.91 Å². The molecular weight excluding hydrogens is 364 g/mol. The van der Waals surface area contributed by atoms with E-state index >= 15 is 0 Å². The van der Waals surface area contributed by atoms with E-state index in [0.29, 0.717) is 19.8 Å². The Kier molecular flexibility index (Phi) is 6.05. The topological polar surface area (TPSA) is 50.8 Å². The SMILES string of the molecule is CC[C@@H](NC(=O)CN1CCC[C@@H]1c1ccc2c(c1)OCCO2)c1ccc(C)cc1. The molecule has 2 aromatic rings. The van der Waals surface area contributed by atoms with Crippen LogP contribution in [0.2, 0.25) is 0 Å². The maximum atomic E-state index is 12.8. The molecule has 154 valence electrons. The molecule has 2 aliphatic heterocycles. The minimum atomic E-state index is 0.0541. The highest BCUT2D eigenvalue weighted by atomic mass is 16.6. The number of hydrogen-bond acceptors (Lipinski definition) is 4. The normalized spacial score (nSPS) is 19.7. The second-order valence-electron chi connectivity index (χ2n) is 7.97. The zero-order valence-corrected chi connectivity index (χ0v) is 17.3. The van der Waals surface area contributed by atoms with Crippen molar-refractivity contribution in [2.45, 2.75) is 45.2 Å². The van der Waals surface area contributed by atoms with Crippen LogP contribution in [0.15, 0.2) is 42.5 Å². The van der Waals surface area contributed by atoms with Crippen LogP contribution in [-0.2, 0) is 4.79 Å². The van der Waals surface area contributed by atoms with Gasteiger partial charge in [0.05, 0.1) is 12.6 Å². The van der Waals surface area contributed by atoms with Crippen LogP contribution in [0.5, 0.6) is 11.5 Å². The molecule has 2 heterocycles. The number of ether oxygens (including phenoxy) is 2. The van der Waals surface area contributed by atoms with Crippen molar-refractivity contribution in [3.8, 4) is 11.5 Å². The maximum Gasteiger partial charge on any atom is 0.234 e. The third-order valence-corrected chi connectivity index (χ3v) is 5.88. The summed E-state index contributed by atoms with van der Waals surface area (Å²) in [7, 11) is 0. The molecule has 2 aromatic carbocycles. The number of carbonyl (C=O) groups is 1. The van der Waals surface area contributed by atoms with Crippen molar-refractivity contribution in [1.82, 2.24) is 10.2 Å². The van der Waals surface area contributed by atoms with E-state index in [-0.39, 0.29) is 18.0 Å². The highest BCUT2D eigenvalue weighted by Gasteiger charge is 2.29. The Morgan fingerprint density at radius 2 is 1.90 bits per heavy atom. The highest BCUT2D eigenvalue weighted by Crippen LogP contribution is 2.37. The van der Waals surface area contributed by atoms with E-state index in [4.69, 9.17) is 9.47 Å². The molecule has 0 unspecified atom stereocenters. The lowest BCUT2D eigenvalue weighted by Gasteiger charge is -2.27. The number of nitrogens with zero attached hydrogens (tertiary/aromatic N) is 1. The van der Waals surface area contributed by atoms with Crippen LogP contribution in [0, 0.1) is 6.92 Å². The Bertz CT molecular complexity index is 850. The molecule has 1 fully saturated rings. The fourth-order valence-corrected chi connectivity index (χ4v) is 4.30. The van der Waals surface area contributed by atoms with Gasteiger partial charge in [-0.1, -0.05) is 42.8 Å². The number of amides is 1. The molecule has 0 aromatic heterocycles. The smallest absolute Gasteiger partial charge is 0.234 e. The summed E-state index contributed by atoms with van der Waals surface area (Å²) >= 11 is 0. The van der Waals surface area contributed by atoms with Crippen LogP contribution in [0.25, 0.3) is 0 Å². The molecule has 2 atom stereocenters. The lowest BCUT2D eigenvalue weighted by atomic mass is 10.0. The van der Waals surface area contributed by atoms with Gasteiger partial charge in [0.1, 0.15) is 13.2 Å². The number of fused-ring (bicyclic) bond motifs is 1. The van der Waals surface area contributed by atoms with Crippen molar-refractivity contribution in [2.75, 3.05) is 26.3 Å². The van der Waals surface area contributed by atoms with E-state index in [1.54, 1.807) is 0 Å². The lowest BCUT2D eigenvalue weighted by Crippen LogP contribution is -2.38. The molecular formula is C24H30N2O3. The molecule has 0 saturated carbocycles. The second kappa shape index (κ2) is 8.87. The van der Waals surface area contributed by atoms with Gasteiger partial charge in [0.15, 0.2) is 11.5 Å². The Hall–Kier alpha value is -2.53. The van der Waals surface area contributed by atoms with Gasteiger partial charge in [-0.3, -0.25) is 9.69 Å². The van der Waals surface area contributed by atoms with Crippen molar-refractivity contribution in [3.05, 3.63) is 59.2 Å². The van der Waals surface area contributed by atoms with Crippen LogP contribution in [0.1, 0.15) is 55.0 Å². The van der Waals surface area contributed by atoms with Crippen molar-refractivity contribution in [3.63, 3.8) is 0 Å². The van der Waals surface area contributed by atoms with Crippen LogP contribution in [-0.4, -0.2) is 37.1 Å². The van der Waals surface area contributed by atoms with Gasteiger partial charge in [-0.2, -0.15) is 0 Å². The third-order valence-electron chi connectivity index (χ3n) is 5.88. The highest BCUT2D eigenvalue weighted by molar-refractivity contribution is 5.78. The van der Waals surface area contributed by atoms with Crippen molar-refractivity contribution in [1.29, 1.82) is 0 Å². The van der Waals surface area contributed by atoms with Crippen LogP contribution >= 0.6 is 0 Å². The first kappa shape index (κ1) is 19.8. The van der Waals surface area contributed by atoms with Crippen molar-refractivity contribution < 1.29 is 14.3 Å². The molecule has 4 rings (SSSR count). The molecule has 1 amide bonds. The molecule has 2 aliphatic rings. The molecule has 5 heteroatoms. The molecule has 1 saturated heterocycles. The van der Waals surface area contributed by atoms with E-state index in [1.807, 2.05) is 6.07 Å². The molecule has 5 nitrogen and oxygen atoms in total. The summed E-state index contributed by atoms with van der Waals surface area (Å²) in [6.45, 7) is 6.73. The van der Waals surface area contributed by atoms with Gasteiger partial charge in [-0.25, -0.2) is 0 Å².